The summed E-state index contributed by atoms with van der Waals surface area (Å²) >= 11 is 12.2. The number of carbonyl (C=O) groups is 1. The van der Waals surface area contributed by atoms with Crippen molar-refractivity contribution in [2.24, 2.45) is 7.05 Å². The van der Waals surface area contributed by atoms with Crippen molar-refractivity contribution in [2.75, 3.05) is 13.7 Å². The topological polar surface area (TPSA) is 78.1 Å². The second kappa shape index (κ2) is 9.68. The fourth-order valence-electron chi connectivity index (χ4n) is 3.63. The average Bonchev–Trinajstić information content (AvgIpc) is 3.03. The number of hydrogen-bond acceptors (Lipinski definition) is 4. The Morgan fingerprint density at radius 1 is 1.06 bits per heavy atom. The van der Waals surface area contributed by atoms with Crippen LogP contribution in [0.4, 0.5) is 0 Å². The third-order valence-electron chi connectivity index (χ3n) is 5.37. The highest BCUT2D eigenvalue weighted by molar-refractivity contribution is 6.35. The maximum Gasteiger partial charge on any atom is 0.330 e. The van der Waals surface area contributed by atoms with Crippen LogP contribution in [-0.4, -0.2) is 33.7 Å². The first-order valence-corrected chi connectivity index (χ1v) is 11.0. The number of benzene rings is 2. The van der Waals surface area contributed by atoms with Crippen LogP contribution in [0.2, 0.25) is 10.0 Å². The van der Waals surface area contributed by atoms with Crippen LogP contribution >= 0.6 is 23.2 Å². The van der Waals surface area contributed by atoms with E-state index in [9.17, 15) is 9.59 Å². The summed E-state index contributed by atoms with van der Waals surface area (Å²) in [7, 11) is 3.27. The number of carbonyl (C=O) groups excluding carboxylic acids is 1. The highest BCUT2D eigenvalue weighted by Crippen LogP contribution is 2.28. The SMILES string of the molecule is COc1ccc(CCNC(=O)Cn2c(=O)n(C)c3cc(-c4cc(Cl)cc(Cl)c4)cnc32)cc1. The van der Waals surface area contributed by atoms with E-state index in [1.807, 2.05) is 30.3 Å². The number of aryl methyl sites for hydroxylation is 1. The Labute approximate surface area is 200 Å². The summed E-state index contributed by atoms with van der Waals surface area (Å²) in [6, 6.07) is 14.7. The molecule has 4 aromatic rings. The summed E-state index contributed by atoms with van der Waals surface area (Å²) in [5.41, 5.74) is 3.36. The van der Waals surface area contributed by atoms with Gasteiger partial charge in [0.15, 0.2) is 5.65 Å². The molecule has 0 saturated heterocycles. The fourth-order valence-corrected chi connectivity index (χ4v) is 4.16. The van der Waals surface area contributed by atoms with E-state index in [-0.39, 0.29) is 18.1 Å². The molecule has 2 heterocycles. The number of pyridine rings is 1. The van der Waals surface area contributed by atoms with Crippen molar-refractivity contribution in [1.29, 1.82) is 0 Å². The van der Waals surface area contributed by atoms with E-state index in [0.29, 0.717) is 34.2 Å². The number of fused-ring (bicyclic) bond motifs is 1. The third kappa shape index (κ3) is 5.05. The molecule has 7 nitrogen and oxygen atoms in total. The number of halogens is 2. The zero-order valence-corrected chi connectivity index (χ0v) is 19.7. The number of amides is 1. The van der Waals surface area contributed by atoms with Crippen molar-refractivity contribution >= 4 is 40.3 Å². The van der Waals surface area contributed by atoms with Crippen LogP contribution in [0.1, 0.15) is 5.56 Å². The minimum atomic E-state index is -0.316. The van der Waals surface area contributed by atoms with Crippen molar-refractivity contribution in [3.63, 3.8) is 0 Å². The lowest BCUT2D eigenvalue weighted by Crippen LogP contribution is -2.33. The average molecular weight is 485 g/mol. The molecule has 170 valence electrons. The van der Waals surface area contributed by atoms with Gasteiger partial charge in [-0.05, 0) is 53.9 Å². The lowest BCUT2D eigenvalue weighted by atomic mass is 10.1. The quantitative estimate of drug-likeness (QED) is 0.428. The van der Waals surface area contributed by atoms with Gasteiger partial charge in [-0.15, -0.1) is 0 Å². The van der Waals surface area contributed by atoms with Crippen LogP contribution in [0.25, 0.3) is 22.3 Å². The molecule has 0 spiro atoms. The van der Waals surface area contributed by atoms with Gasteiger partial charge in [0.2, 0.25) is 5.91 Å². The van der Waals surface area contributed by atoms with Crippen molar-refractivity contribution in [3.05, 3.63) is 80.8 Å². The van der Waals surface area contributed by atoms with Gasteiger partial charge in [0.25, 0.3) is 0 Å². The number of aromatic nitrogens is 3. The molecule has 33 heavy (non-hydrogen) atoms. The van der Waals surface area contributed by atoms with Crippen LogP contribution in [0.3, 0.4) is 0 Å². The Morgan fingerprint density at radius 3 is 2.42 bits per heavy atom. The molecule has 1 amide bonds. The Morgan fingerprint density at radius 2 is 1.76 bits per heavy atom. The second-order valence-corrected chi connectivity index (χ2v) is 8.47. The molecule has 0 unspecified atom stereocenters. The van der Waals surface area contributed by atoms with Gasteiger partial charge >= 0.3 is 5.69 Å². The van der Waals surface area contributed by atoms with Gasteiger partial charge in [0.1, 0.15) is 12.3 Å². The summed E-state index contributed by atoms with van der Waals surface area (Å²) < 4.78 is 7.99. The van der Waals surface area contributed by atoms with Crippen molar-refractivity contribution < 1.29 is 9.53 Å². The summed E-state index contributed by atoms with van der Waals surface area (Å²) in [5, 5.41) is 3.88. The Kier molecular flexibility index (Phi) is 6.72. The van der Waals surface area contributed by atoms with Gasteiger partial charge in [0, 0.05) is 35.4 Å². The third-order valence-corrected chi connectivity index (χ3v) is 5.81. The Bertz CT molecular complexity index is 1360. The van der Waals surface area contributed by atoms with Crippen LogP contribution in [0.15, 0.2) is 59.5 Å². The maximum absolute atomic E-state index is 12.8. The molecule has 0 fully saturated rings. The molecule has 0 aliphatic rings. The lowest BCUT2D eigenvalue weighted by Gasteiger charge is -2.07. The number of rotatable bonds is 7. The fraction of sp³-hybridized carbons (Fsp3) is 0.208. The van der Waals surface area contributed by atoms with Crippen LogP contribution in [0, 0.1) is 0 Å². The summed E-state index contributed by atoms with van der Waals surface area (Å²) in [5.74, 6) is 0.526. The molecule has 2 aromatic carbocycles. The molecule has 0 atom stereocenters. The van der Waals surface area contributed by atoms with Crippen molar-refractivity contribution in [2.45, 2.75) is 13.0 Å². The number of nitrogens with zero attached hydrogens (tertiary/aromatic N) is 3. The smallest absolute Gasteiger partial charge is 0.330 e. The van der Waals surface area contributed by atoms with E-state index >= 15 is 0 Å². The highest BCUT2D eigenvalue weighted by Gasteiger charge is 2.16. The molecule has 9 heteroatoms. The second-order valence-electron chi connectivity index (χ2n) is 7.60. The Balaban J connectivity index is 1.49. The van der Waals surface area contributed by atoms with E-state index < -0.39 is 0 Å². The van der Waals surface area contributed by atoms with Crippen LogP contribution in [0.5, 0.6) is 5.75 Å². The normalized spacial score (nSPS) is 11.0. The molecule has 0 saturated carbocycles. The summed E-state index contributed by atoms with van der Waals surface area (Å²) in [6.45, 7) is 0.339. The van der Waals surface area contributed by atoms with Gasteiger partial charge in [-0.1, -0.05) is 35.3 Å². The molecule has 0 aliphatic carbocycles. The molecular formula is C24H22Cl2N4O3. The molecule has 4 rings (SSSR count). The molecule has 0 aliphatic heterocycles. The largest absolute Gasteiger partial charge is 0.497 e. The number of imidazole rings is 1. The first kappa shape index (κ1) is 22.9. The molecule has 0 radical (unpaired) electrons. The van der Waals surface area contributed by atoms with E-state index in [1.54, 1.807) is 38.6 Å². The number of nitrogens with one attached hydrogen (secondary N) is 1. The number of ether oxygens (including phenoxy) is 1. The zero-order chi connectivity index (χ0) is 23.5. The lowest BCUT2D eigenvalue weighted by molar-refractivity contribution is -0.121. The van der Waals surface area contributed by atoms with Gasteiger partial charge < -0.3 is 10.1 Å². The van der Waals surface area contributed by atoms with E-state index in [4.69, 9.17) is 27.9 Å². The van der Waals surface area contributed by atoms with Gasteiger partial charge in [0.05, 0.1) is 12.6 Å². The minimum Gasteiger partial charge on any atom is -0.497 e. The van der Waals surface area contributed by atoms with E-state index in [0.717, 1.165) is 22.4 Å². The van der Waals surface area contributed by atoms with Crippen molar-refractivity contribution in [3.8, 4) is 16.9 Å². The molecule has 2 aromatic heterocycles. The van der Waals surface area contributed by atoms with Crippen LogP contribution < -0.4 is 15.7 Å². The first-order chi connectivity index (χ1) is 15.9. The minimum absolute atomic E-state index is 0.117. The molecular weight excluding hydrogens is 463 g/mol. The highest BCUT2D eigenvalue weighted by atomic mass is 35.5. The molecule has 1 N–H and O–H groups in total. The van der Waals surface area contributed by atoms with Crippen molar-refractivity contribution in [1.82, 2.24) is 19.4 Å². The summed E-state index contributed by atoms with van der Waals surface area (Å²) in [6.07, 6.45) is 2.31. The first-order valence-electron chi connectivity index (χ1n) is 10.3. The van der Waals surface area contributed by atoms with E-state index in [1.165, 1.54) is 9.13 Å². The summed E-state index contributed by atoms with van der Waals surface area (Å²) in [4.78, 5) is 29.8. The molecule has 0 bridgehead atoms. The standard InChI is InChI=1S/C24H22Cl2N4O3/c1-29-21-11-17(16-9-18(25)12-19(26)10-16)13-28-23(21)30(24(29)32)14-22(31)27-8-7-15-3-5-20(33-2)6-4-15/h3-6,9-13H,7-8,14H2,1-2H3,(H,27,31). The van der Waals surface area contributed by atoms with Crippen LogP contribution in [-0.2, 0) is 24.8 Å². The predicted octanol–water partition coefficient (Wildman–Crippen LogP) is 4.08. The number of hydrogen-bond donors (Lipinski definition) is 1. The zero-order valence-electron chi connectivity index (χ0n) is 18.1. The van der Waals surface area contributed by atoms with Gasteiger partial charge in [-0.2, -0.15) is 0 Å². The maximum atomic E-state index is 12.8. The van der Waals surface area contributed by atoms with E-state index in [2.05, 4.69) is 10.3 Å². The van der Waals surface area contributed by atoms with Gasteiger partial charge in [-0.3, -0.25) is 13.9 Å². The predicted molar refractivity (Wildman–Crippen MR) is 130 cm³/mol. The Hall–Kier alpha value is -3.29. The monoisotopic (exact) mass is 484 g/mol. The van der Waals surface area contributed by atoms with Gasteiger partial charge in [-0.25, -0.2) is 9.78 Å². The number of methoxy groups -OCH3 is 1.